The van der Waals surface area contributed by atoms with Gasteiger partial charge in [0.1, 0.15) is 0 Å². The summed E-state index contributed by atoms with van der Waals surface area (Å²) in [6.07, 6.45) is 0. The summed E-state index contributed by atoms with van der Waals surface area (Å²) in [6, 6.07) is 7.25. The average Bonchev–Trinajstić information content (AvgIpc) is 2.58. The molecule has 0 aliphatic carbocycles. The molecule has 0 aliphatic rings. The zero-order valence-electron chi connectivity index (χ0n) is 8.12. The van der Waals surface area contributed by atoms with E-state index in [1.54, 1.807) is 18.2 Å². The van der Waals surface area contributed by atoms with Crippen LogP contribution in [0.25, 0.3) is 0 Å². The summed E-state index contributed by atoms with van der Waals surface area (Å²) >= 11 is 3.35. The van der Waals surface area contributed by atoms with Gasteiger partial charge in [-0.25, -0.2) is 0 Å². The van der Waals surface area contributed by atoms with Gasteiger partial charge in [0.05, 0.1) is 5.69 Å². The van der Waals surface area contributed by atoms with Crippen molar-refractivity contribution in [1.29, 1.82) is 0 Å². The summed E-state index contributed by atoms with van der Waals surface area (Å²) in [5.74, 6) is 1.10. The maximum absolute atomic E-state index is 5.76. The second-order valence-electron chi connectivity index (χ2n) is 3.17. The molecule has 5 heteroatoms. The van der Waals surface area contributed by atoms with Crippen molar-refractivity contribution in [1.82, 2.24) is 10.2 Å². The lowest BCUT2D eigenvalue weighted by atomic mass is 10.3. The van der Waals surface area contributed by atoms with Crippen LogP contribution in [-0.4, -0.2) is 10.2 Å². The van der Waals surface area contributed by atoms with Gasteiger partial charge in [-0.15, -0.1) is 5.10 Å². The highest BCUT2D eigenvalue weighted by molar-refractivity contribution is 9.10. The molecule has 1 aromatic carbocycles. The van der Waals surface area contributed by atoms with Crippen LogP contribution in [0.2, 0.25) is 0 Å². The Hall–Kier alpha value is -1.49. The summed E-state index contributed by atoms with van der Waals surface area (Å²) in [4.78, 5) is 0. The Morgan fingerprint density at radius 3 is 2.87 bits per heavy atom. The Balaban J connectivity index is 2.27. The Morgan fingerprint density at radius 2 is 2.20 bits per heavy atom. The molecule has 0 radical (unpaired) electrons. The van der Waals surface area contributed by atoms with Crippen LogP contribution in [0.1, 0.15) is 5.69 Å². The molecule has 0 atom stereocenters. The van der Waals surface area contributed by atoms with Crippen LogP contribution in [-0.2, 0) is 0 Å². The number of rotatable bonds is 2. The summed E-state index contributed by atoms with van der Waals surface area (Å²) < 4.78 is 6.43. The molecule has 2 aromatic rings. The van der Waals surface area contributed by atoms with Crippen molar-refractivity contribution < 1.29 is 4.74 Å². The number of aryl methyl sites for hydroxylation is 1. The SMILES string of the molecule is Cc1cc(Oc2cc(Br)ccc2N)n[nH]1. The quantitative estimate of drug-likeness (QED) is 0.823. The lowest BCUT2D eigenvalue weighted by Gasteiger charge is -2.05. The number of nitrogens with zero attached hydrogens (tertiary/aromatic N) is 1. The van der Waals surface area contributed by atoms with Crippen molar-refractivity contribution in [2.75, 3.05) is 5.73 Å². The molecule has 0 saturated carbocycles. The molecule has 1 aromatic heterocycles. The monoisotopic (exact) mass is 267 g/mol. The summed E-state index contributed by atoms with van der Waals surface area (Å²) in [6.45, 7) is 1.91. The molecule has 0 fully saturated rings. The standard InChI is InChI=1S/C10H10BrN3O/c1-6-4-10(14-13-6)15-9-5-7(11)2-3-8(9)12/h2-5H,12H2,1H3,(H,13,14). The number of hydrogen-bond acceptors (Lipinski definition) is 3. The molecular formula is C10H10BrN3O. The average molecular weight is 268 g/mol. The molecule has 3 N–H and O–H groups in total. The lowest BCUT2D eigenvalue weighted by molar-refractivity contribution is 0.463. The zero-order valence-corrected chi connectivity index (χ0v) is 9.71. The Labute approximate surface area is 95.6 Å². The number of nitrogens with one attached hydrogen (secondary N) is 1. The minimum Gasteiger partial charge on any atom is -0.435 e. The molecule has 4 nitrogen and oxygen atoms in total. The van der Waals surface area contributed by atoms with Gasteiger partial charge in [-0.1, -0.05) is 15.9 Å². The third-order valence-corrected chi connectivity index (χ3v) is 2.37. The highest BCUT2D eigenvalue weighted by Crippen LogP contribution is 2.29. The van der Waals surface area contributed by atoms with Gasteiger partial charge in [-0.3, -0.25) is 5.10 Å². The molecule has 78 valence electrons. The highest BCUT2D eigenvalue weighted by atomic mass is 79.9. The molecule has 0 unspecified atom stereocenters. The number of nitrogens with two attached hydrogens (primary N) is 1. The molecule has 0 aliphatic heterocycles. The van der Waals surface area contributed by atoms with Crippen molar-refractivity contribution >= 4 is 21.6 Å². The van der Waals surface area contributed by atoms with E-state index in [1.165, 1.54) is 0 Å². The van der Waals surface area contributed by atoms with E-state index in [0.29, 0.717) is 17.3 Å². The van der Waals surface area contributed by atoms with Gasteiger partial charge >= 0.3 is 0 Å². The number of ether oxygens (including phenoxy) is 1. The Kier molecular flexibility index (Phi) is 2.64. The lowest BCUT2D eigenvalue weighted by Crippen LogP contribution is -1.91. The maximum Gasteiger partial charge on any atom is 0.238 e. The maximum atomic E-state index is 5.76. The van der Waals surface area contributed by atoms with Crippen LogP contribution >= 0.6 is 15.9 Å². The van der Waals surface area contributed by atoms with Crippen molar-refractivity contribution in [3.63, 3.8) is 0 Å². The van der Waals surface area contributed by atoms with Gasteiger partial charge in [0.15, 0.2) is 5.75 Å². The molecule has 0 saturated heterocycles. The van der Waals surface area contributed by atoms with Crippen LogP contribution in [0.3, 0.4) is 0 Å². The molecule has 0 amide bonds. The fourth-order valence-electron chi connectivity index (χ4n) is 1.15. The van der Waals surface area contributed by atoms with E-state index in [9.17, 15) is 0 Å². The fraction of sp³-hybridized carbons (Fsp3) is 0.100. The predicted octanol–water partition coefficient (Wildman–Crippen LogP) is 2.86. The van der Waals surface area contributed by atoms with E-state index in [1.807, 2.05) is 13.0 Å². The topological polar surface area (TPSA) is 63.9 Å². The number of halogens is 1. The number of aromatic amines is 1. The zero-order chi connectivity index (χ0) is 10.8. The van der Waals surface area contributed by atoms with E-state index < -0.39 is 0 Å². The first-order chi connectivity index (χ1) is 7.15. The van der Waals surface area contributed by atoms with Crippen LogP contribution in [0.4, 0.5) is 5.69 Å². The van der Waals surface area contributed by atoms with E-state index >= 15 is 0 Å². The van der Waals surface area contributed by atoms with Crippen molar-refractivity contribution in [2.24, 2.45) is 0 Å². The molecule has 2 rings (SSSR count). The van der Waals surface area contributed by atoms with E-state index in [-0.39, 0.29) is 0 Å². The van der Waals surface area contributed by atoms with E-state index in [4.69, 9.17) is 10.5 Å². The Bertz CT molecular complexity index is 481. The molecule has 1 heterocycles. The van der Waals surface area contributed by atoms with Crippen LogP contribution in [0.5, 0.6) is 11.6 Å². The second kappa shape index (κ2) is 3.94. The number of nitrogen functional groups attached to an aromatic ring is 1. The van der Waals surface area contributed by atoms with Crippen molar-refractivity contribution in [3.05, 3.63) is 34.4 Å². The van der Waals surface area contributed by atoms with Gasteiger partial charge in [0, 0.05) is 16.2 Å². The predicted molar refractivity (Wildman–Crippen MR) is 62.0 cm³/mol. The molecule has 15 heavy (non-hydrogen) atoms. The molecule has 0 bridgehead atoms. The minimum absolute atomic E-state index is 0.511. The minimum atomic E-state index is 0.511. The fourth-order valence-corrected chi connectivity index (χ4v) is 1.49. The Morgan fingerprint density at radius 1 is 1.40 bits per heavy atom. The smallest absolute Gasteiger partial charge is 0.238 e. The van der Waals surface area contributed by atoms with Crippen molar-refractivity contribution in [3.8, 4) is 11.6 Å². The van der Waals surface area contributed by atoms with E-state index in [0.717, 1.165) is 10.2 Å². The number of hydrogen-bond donors (Lipinski definition) is 2. The summed E-state index contributed by atoms with van der Waals surface area (Å²) in [5, 5.41) is 6.76. The van der Waals surface area contributed by atoms with Gasteiger partial charge < -0.3 is 10.5 Å². The van der Waals surface area contributed by atoms with Crippen LogP contribution < -0.4 is 10.5 Å². The van der Waals surface area contributed by atoms with Gasteiger partial charge in [0.25, 0.3) is 0 Å². The number of H-pyrrole nitrogens is 1. The van der Waals surface area contributed by atoms with Crippen molar-refractivity contribution in [2.45, 2.75) is 6.92 Å². The number of aromatic nitrogens is 2. The van der Waals surface area contributed by atoms with Crippen LogP contribution in [0.15, 0.2) is 28.7 Å². The first-order valence-electron chi connectivity index (χ1n) is 4.40. The molecule has 0 spiro atoms. The second-order valence-corrected chi connectivity index (χ2v) is 4.09. The largest absolute Gasteiger partial charge is 0.435 e. The summed E-state index contributed by atoms with van der Waals surface area (Å²) in [7, 11) is 0. The molecular weight excluding hydrogens is 258 g/mol. The van der Waals surface area contributed by atoms with Gasteiger partial charge in [0.2, 0.25) is 5.88 Å². The number of anilines is 1. The van der Waals surface area contributed by atoms with Gasteiger partial charge in [-0.05, 0) is 25.1 Å². The summed E-state index contributed by atoms with van der Waals surface area (Å²) in [5.41, 5.74) is 7.29. The first kappa shape index (κ1) is 10.0. The third-order valence-electron chi connectivity index (χ3n) is 1.87. The first-order valence-corrected chi connectivity index (χ1v) is 5.19. The van der Waals surface area contributed by atoms with E-state index in [2.05, 4.69) is 26.1 Å². The highest BCUT2D eigenvalue weighted by Gasteiger charge is 2.05. The number of benzene rings is 1. The third kappa shape index (κ3) is 2.30. The van der Waals surface area contributed by atoms with Crippen LogP contribution in [0, 0.1) is 6.92 Å². The normalized spacial score (nSPS) is 10.3. The van der Waals surface area contributed by atoms with Gasteiger partial charge in [-0.2, -0.15) is 0 Å².